The number of aromatic amines is 1. The Morgan fingerprint density at radius 2 is 1.96 bits per heavy atom. The molecule has 2 rings (SSSR count). The molecule has 0 bridgehead atoms. The second-order valence-electron chi connectivity index (χ2n) is 5.61. The van der Waals surface area contributed by atoms with Crippen LogP contribution in [-0.4, -0.2) is 34.9 Å². The van der Waals surface area contributed by atoms with Crippen molar-refractivity contribution in [3.05, 3.63) is 55.9 Å². The van der Waals surface area contributed by atoms with E-state index in [1.54, 1.807) is 13.8 Å². The summed E-state index contributed by atoms with van der Waals surface area (Å²) in [6, 6.07) is 3.71. The molecule has 0 radical (unpaired) electrons. The van der Waals surface area contributed by atoms with Gasteiger partial charge in [0.2, 0.25) is 5.78 Å². The van der Waals surface area contributed by atoms with Crippen molar-refractivity contribution in [1.29, 1.82) is 0 Å². The predicted octanol–water partition coefficient (Wildman–Crippen LogP) is 3.63. The second kappa shape index (κ2) is 7.57. The van der Waals surface area contributed by atoms with E-state index < -0.39 is 22.8 Å². The zero-order valence-corrected chi connectivity index (χ0v) is 15.3. The second-order valence-corrected chi connectivity index (χ2v) is 6.02. The number of Topliss-reactive ketones (excluding diaryl/α,β-unsaturated/α-hetero) is 1. The van der Waals surface area contributed by atoms with Gasteiger partial charge in [-0.25, -0.2) is 4.79 Å². The highest BCUT2D eigenvalue weighted by Crippen LogP contribution is 2.30. The largest absolute Gasteiger partial charge is 0.481 e. The van der Waals surface area contributed by atoms with Crippen LogP contribution in [0, 0.1) is 24.0 Å². The monoisotopic (exact) mass is 380 g/mol. The molecule has 1 aromatic carbocycles. The minimum Gasteiger partial charge on any atom is -0.481 e. The van der Waals surface area contributed by atoms with Crippen molar-refractivity contribution < 1.29 is 24.0 Å². The lowest BCUT2D eigenvalue weighted by Crippen LogP contribution is -2.25. The molecule has 1 N–H and O–H groups in total. The number of rotatable bonds is 6. The molecular formula is C17H17ClN2O6. The molecule has 9 heteroatoms. The predicted molar refractivity (Wildman–Crippen MR) is 94.1 cm³/mol. The van der Waals surface area contributed by atoms with E-state index >= 15 is 0 Å². The molecule has 2 aromatic rings. The van der Waals surface area contributed by atoms with Crippen LogP contribution in [0.25, 0.3) is 0 Å². The minimum atomic E-state index is -0.934. The number of ether oxygens (including phenoxy) is 2. The molecule has 26 heavy (non-hydrogen) atoms. The maximum Gasteiger partial charge on any atom is 0.339 e. The lowest BCUT2D eigenvalue weighted by atomic mass is 10.1. The number of methoxy groups -OCH3 is 1. The summed E-state index contributed by atoms with van der Waals surface area (Å²) in [4.78, 5) is 37.5. The van der Waals surface area contributed by atoms with Gasteiger partial charge in [-0.1, -0.05) is 11.6 Å². The molecule has 138 valence electrons. The molecule has 0 fully saturated rings. The van der Waals surface area contributed by atoms with Crippen molar-refractivity contribution in [2.75, 3.05) is 7.11 Å². The van der Waals surface area contributed by atoms with E-state index in [4.69, 9.17) is 21.1 Å². The van der Waals surface area contributed by atoms with Crippen LogP contribution >= 0.6 is 11.6 Å². The number of esters is 1. The molecule has 1 atom stereocenters. The van der Waals surface area contributed by atoms with Gasteiger partial charge in [0.05, 0.1) is 28.3 Å². The van der Waals surface area contributed by atoms with Crippen LogP contribution in [0.15, 0.2) is 18.2 Å². The first-order chi connectivity index (χ1) is 12.2. The van der Waals surface area contributed by atoms with Gasteiger partial charge >= 0.3 is 5.97 Å². The van der Waals surface area contributed by atoms with Gasteiger partial charge in [-0.3, -0.25) is 14.9 Å². The smallest absolute Gasteiger partial charge is 0.339 e. The summed E-state index contributed by atoms with van der Waals surface area (Å²) in [5.41, 5.74) is 1.33. The summed E-state index contributed by atoms with van der Waals surface area (Å²) in [5.74, 6) is -0.787. The molecule has 1 unspecified atom stereocenters. The highest BCUT2D eigenvalue weighted by molar-refractivity contribution is 6.32. The topological polar surface area (TPSA) is 112 Å². The Kier molecular flexibility index (Phi) is 5.66. The Labute approximate surface area is 154 Å². The van der Waals surface area contributed by atoms with Crippen LogP contribution in [-0.2, 0) is 4.74 Å². The third-order valence-corrected chi connectivity index (χ3v) is 4.17. The quantitative estimate of drug-likeness (QED) is 0.354. The van der Waals surface area contributed by atoms with E-state index in [9.17, 15) is 19.7 Å². The number of nitrogens with one attached hydrogen (secondary N) is 1. The van der Waals surface area contributed by atoms with E-state index in [2.05, 4.69) is 4.98 Å². The number of benzene rings is 1. The number of nitro groups is 1. The Morgan fingerprint density at radius 1 is 1.31 bits per heavy atom. The maximum atomic E-state index is 12.7. The van der Waals surface area contributed by atoms with Gasteiger partial charge < -0.3 is 14.5 Å². The third-order valence-electron chi connectivity index (χ3n) is 3.87. The zero-order valence-electron chi connectivity index (χ0n) is 14.6. The summed E-state index contributed by atoms with van der Waals surface area (Å²) in [6.07, 6.45) is -0.934. The van der Waals surface area contributed by atoms with Crippen molar-refractivity contribution in [1.82, 2.24) is 4.98 Å². The van der Waals surface area contributed by atoms with E-state index in [0.717, 1.165) is 6.07 Å². The molecule has 0 aliphatic rings. The molecule has 0 saturated carbocycles. The van der Waals surface area contributed by atoms with Crippen molar-refractivity contribution in [3.63, 3.8) is 0 Å². The highest BCUT2D eigenvalue weighted by Gasteiger charge is 2.27. The molecule has 0 spiro atoms. The molecule has 1 heterocycles. The minimum absolute atomic E-state index is 0.0217. The van der Waals surface area contributed by atoms with E-state index in [-0.39, 0.29) is 22.2 Å². The number of halogens is 1. The first-order valence-corrected chi connectivity index (χ1v) is 7.97. The van der Waals surface area contributed by atoms with Gasteiger partial charge in [0.1, 0.15) is 5.75 Å². The van der Waals surface area contributed by atoms with Crippen LogP contribution in [0.2, 0.25) is 5.02 Å². The number of nitrogens with zero attached hydrogens (tertiary/aromatic N) is 1. The van der Waals surface area contributed by atoms with Gasteiger partial charge in [0.25, 0.3) is 5.69 Å². The van der Waals surface area contributed by atoms with Crippen LogP contribution in [0.4, 0.5) is 5.69 Å². The van der Waals surface area contributed by atoms with Crippen molar-refractivity contribution in [3.8, 4) is 5.75 Å². The van der Waals surface area contributed by atoms with Crippen LogP contribution in [0.5, 0.6) is 5.75 Å². The van der Waals surface area contributed by atoms with Crippen molar-refractivity contribution >= 4 is 29.0 Å². The number of carbonyl (C=O) groups excluding carboxylic acids is 2. The van der Waals surface area contributed by atoms with Crippen LogP contribution in [0.3, 0.4) is 0 Å². The summed E-state index contributed by atoms with van der Waals surface area (Å²) < 4.78 is 10.3. The maximum absolute atomic E-state index is 12.7. The van der Waals surface area contributed by atoms with Crippen LogP contribution < -0.4 is 4.74 Å². The molecule has 0 aliphatic carbocycles. The molecule has 1 aromatic heterocycles. The van der Waals surface area contributed by atoms with E-state index in [1.807, 2.05) is 0 Å². The Morgan fingerprint density at radius 3 is 2.50 bits per heavy atom. The zero-order chi connectivity index (χ0) is 19.6. The lowest BCUT2D eigenvalue weighted by molar-refractivity contribution is -0.384. The van der Waals surface area contributed by atoms with Gasteiger partial charge in [-0.05, 0) is 32.4 Å². The van der Waals surface area contributed by atoms with E-state index in [0.29, 0.717) is 16.8 Å². The Bertz CT molecular complexity index is 890. The molecule has 0 amide bonds. The fourth-order valence-corrected chi connectivity index (χ4v) is 2.77. The molecule has 0 saturated heterocycles. The highest BCUT2D eigenvalue weighted by atomic mass is 35.5. The number of aryl methyl sites for hydroxylation is 1. The van der Waals surface area contributed by atoms with Gasteiger partial charge in [0.15, 0.2) is 6.10 Å². The lowest BCUT2D eigenvalue weighted by Gasteiger charge is -2.14. The average molecular weight is 381 g/mol. The van der Waals surface area contributed by atoms with Crippen molar-refractivity contribution in [2.45, 2.75) is 26.9 Å². The molecule has 8 nitrogen and oxygen atoms in total. The van der Waals surface area contributed by atoms with Gasteiger partial charge in [0, 0.05) is 17.8 Å². The Balaban J connectivity index is 2.26. The average Bonchev–Trinajstić information content (AvgIpc) is 2.89. The van der Waals surface area contributed by atoms with Crippen molar-refractivity contribution in [2.24, 2.45) is 0 Å². The SMILES string of the molecule is COC(=O)c1c(C)[nH]c(C(=O)C(C)Oc2ccc([N+](=O)[O-])cc2Cl)c1C. The van der Waals surface area contributed by atoms with E-state index in [1.165, 1.54) is 26.2 Å². The number of hydrogen-bond donors (Lipinski definition) is 1. The third kappa shape index (κ3) is 3.70. The number of nitro benzene ring substituents is 1. The number of hydrogen-bond acceptors (Lipinski definition) is 6. The first-order valence-electron chi connectivity index (χ1n) is 7.59. The number of non-ortho nitro benzene ring substituents is 1. The summed E-state index contributed by atoms with van der Waals surface area (Å²) in [6.45, 7) is 4.82. The number of aromatic nitrogens is 1. The first kappa shape index (κ1) is 19.5. The Hall–Kier alpha value is -2.87. The number of carbonyl (C=O) groups is 2. The summed E-state index contributed by atoms with van der Waals surface area (Å²) in [5, 5.41) is 10.8. The fraction of sp³-hybridized carbons (Fsp3) is 0.294. The van der Waals surface area contributed by atoms with Gasteiger partial charge in [-0.2, -0.15) is 0 Å². The molecular weight excluding hydrogens is 364 g/mol. The fourth-order valence-electron chi connectivity index (χ4n) is 2.55. The van der Waals surface area contributed by atoms with Crippen LogP contribution in [0.1, 0.15) is 39.0 Å². The number of H-pyrrole nitrogens is 1. The summed E-state index contributed by atoms with van der Waals surface area (Å²) >= 11 is 5.98. The standard InChI is InChI=1S/C17H17ClN2O6/c1-8-14(17(22)25-4)9(2)19-15(8)16(21)10(3)26-13-6-5-11(20(23)24)7-12(13)18/h5-7,10,19H,1-4H3. The summed E-state index contributed by atoms with van der Waals surface area (Å²) in [7, 11) is 1.26. The normalized spacial score (nSPS) is 11.7. The molecule has 0 aliphatic heterocycles. The number of ketones is 1. The van der Waals surface area contributed by atoms with Gasteiger partial charge in [-0.15, -0.1) is 0 Å².